The number of hydrogen-bond acceptors (Lipinski definition) is 3. The van der Waals surface area contributed by atoms with Crippen molar-refractivity contribution in [2.24, 2.45) is 0 Å². The fraction of sp³-hybridized carbons (Fsp3) is 0.304. The molecule has 1 fully saturated rings. The highest BCUT2D eigenvalue weighted by atomic mass is 35.5. The van der Waals surface area contributed by atoms with Crippen molar-refractivity contribution in [2.75, 3.05) is 11.9 Å². The van der Waals surface area contributed by atoms with E-state index in [-0.39, 0.29) is 36.1 Å². The number of amides is 2. The first-order chi connectivity index (χ1) is 15.0. The Morgan fingerprint density at radius 3 is 2.68 bits per heavy atom. The molecule has 0 bridgehead atoms. The molecule has 2 aromatic carbocycles. The lowest BCUT2D eigenvalue weighted by Gasteiger charge is -2.28. The van der Waals surface area contributed by atoms with Crippen LogP contribution in [0.15, 0.2) is 53.3 Å². The van der Waals surface area contributed by atoms with Crippen LogP contribution in [0.5, 0.6) is 5.88 Å². The van der Waals surface area contributed by atoms with Crippen LogP contribution >= 0.6 is 11.6 Å². The van der Waals surface area contributed by atoms with Gasteiger partial charge in [-0.05, 0) is 36.6 Å². The molecule has 2 atom stereocenters. The Balaban J connectivity index is 1.36. The number of nitrogens with one attached hydrogen (secondary N) is 1. The third kappa shape index (κ3) is 3.39. The fourth-order valence-electron chi connectivity index (χ4n) is 4.40. The van der Waals surface area contributed by atoms with Gasteiger partial charge in [-0.3, -0.25) is 9.13 Å². The number of carbonyl (C=O) groups is 1. The van der Waals surface area contributed by atoms with E-state index in [1.807, 2.05) is 37.3 Å². The third-order valence-electron chi connectivity index (χ3n) is 6.30. The molecule has 2 heterocycles. The van der Waals surface area contributed by atoms with E-state index in [0.717, 1.165) is 12.0 Å². The minimum Gasteiger partial charge on any atom is -0.493 e. The van der Waals surface area contributed by atoms with E-state index >= 15 is 0 Å². The van der Waals surface area contributed by atoms with Crippen LogP contribution in [0.2, 0.25) is 5.02 Å². The molecule has 2 amide bonds. The van der Waals surface area contributed by atoms with Gasteiger partial charge < -0.3 is 15.3 Å². The minimum atomic E-state index is -0.287. The van der Waals surface area contributed by atoms with Crippen molar-refractivity contribution >= 4 is 23.3 Å². The highest BCUT2D eigenvalue weighted by molar-refractivity contribution is 6.31. The summed E-state index contributed by atoms with van der Waals surface area (Å²) in [4.78, 5) is 27.4. The van der Waals surface area contributed by atoms with Crippen LogP contribution in [-0.2, 0) is 13.1 Å². The lowest BCUT2D eigenvalue weighted by Crippen LogP contribution is -2.42. The average Bonchev–Trinajstić information content (AvgIpc) is 3.52. The second-order valence-electron chi connectivity index (χ2n) is 8.16. The zero-order valence-electron chi connectivity index (χ0n) is 17.1. The van der Waals surface area contributed by atoms with Gasteiger partial charge in [0.1, 0.15) is 5.69 Å². The number of nitrogens with zero attached hydrogens (tertiary/aromatic N) is 3. The summed E-state index contributed by atoms with van der Waals surface area (Å²) in [5.41, 5.74) is 2.88. The molecule has 2 aliphatic rings. The maximum atomic E-state index is 13.0. The van der Waals surface area contributed by atoms with E-state index in [1.165, 1.54) is 10.1 Å². The van der Waals surface area contributed by atoms with Gasteiger partial charge in [0.25, 0.3) is 0 Å². The molecule has 0 spiro atoms. The predicted octanol–water partition coefficient (Wildman–Crippen LogP) is 4.09. The average molecular weight is 439 g/mol. The SMILES string of the molecule is Cc1c(Cl)cccc1NC(=O)N1CCn2c(c(O)n([C@H]3C[C@@H]3c3ccccc3)c2=O)C1. The molecule has 0 saturated heterocycles. The van der Waals surface area contributed by atoms with Crippen LogP contribution in [0.1, 0.15) is 35.2 Å². The van der Waals surface area contributed by atoms with Crippen LogP contribution in [0.3, 0.4) is 0 Å². The van der Waals surface area contributed by atoms with E-state index in [1.54, 1.807) is 27.7 Å². The number of urea groups is 1. The number of rotatable bonds is 3. The van der Waals surface area contributed by atoms with Crippen molar-refractivity contribution in [2.45, 2.75) is 38.4 Å². The summed E-state index contributed by atoms with van der Waals surface area (Å²) in [5, 5.41) is 14.3. The number of hydrogen-bond donors (Lipinski definition) is 2. The summed E-state index contributed by atoms with van der Waals surface area (Å²) in [7, 11) is 0. The zero-order valence-corrected chi connectivity index (χ0v) is 17.8. The smallest absolute Gasteiger partial charge is 0.331 e. The second-order valence-corrected chi connectivity index (χ2v) is 8.57. The number of benzene rings is 2. The Bertz CT molecular complexity index is 1220. The van der Waals surface area contributed by atoms with Crippen molar-refractivity contribution < 1.29 is 9.90 Å². The summed E-state index contributed by atoms with van der Waals surface area (Å²) in [6.07, 6.45) is 0.819. The zero-order chi connectivity index (χ0) is 21.7. The van der Waals surface area contributed by atoms with Gasteiger partial charge in [-0.15, -0.1) is 0 Å². The van der Waals surface area contributed by atoms with Gasteiger partial charge in [0.15, 0.2) is 0 Å². The largest absolute Gasteiger partial charge is 0.493 e. The number of halogens is 1. The number of imidazole rings is 1. The Morgan fingerprint density at radius 1 is 1.13 bits per heavy atom. The van der Waals surface area contributed by atoms with Crippen molar-refractivity contribution in [1.82, 2.24) is 14.0 Å². The predicted molar refractivity (Wildman–Crippen MR) is 119 cm³/mol. The van der Waals surface area contributed by atoms with Crippen LogP contribution in [-0.4, -0.2) is 31.7 Å². The molecule has 1 aliphatic carbocycles. The summed E-state index contributed by atoms with van der Waals surface area (Å²) < 4.78 is 3.08. The fourth-order valence-corrected chi connectivity index (χ4v) is 4.57. The summed E-state index contributed by atoms with van der Waals surface area (Å²) in [5.74, 6) is 0.185. The summed E-state index contributed by atoms with van der Waals surface area (Å²) >= 11 is 6.14. The van der Waals surface area contributed by atoms with E-state index in [9.17, 15) is 14.7 Å². The molecule has 1 aromatic heterocycles. The molecule has 3 aromatic rings. The molecule has 160 valence electrons. The van der Waals surface area contributed by atoms with Crippen LogP contribution < -0.4 is 11.0 Å². The summed E-state index contributed by atoms with van der Waals surface area (Å²) in [6.45, 7) is 2.74. The molecule has 0 radical (unpaired) electrons. The topological polar surface area (TPSA) is 79.5 Å². The molecule has 5 rings (SSSR count). The Morgan fingerprint density at radius 2 is 1.90 bits per heavy atom. The lowest BCUT2D eigenvalue weighted by atomic mass is 10.1. The highest BCUT2D eigenvalue weighted by Gasteiger charge is 2.44. The van der Waals surface area contributed by atoms with Gasteiger partial charge in [0.05, 0.1) is 6.54 Å². The standard InChI is InChI=1S/C23H23ClN4O3/c1-14-17(24)8-5-9-18(14)25-22(30)26-10-11-27-20(13-26)21(29)28(23(27)31)19-12-16(19)15-6-3-2-4-7-15/h2-9,16,19,29H,10-13H2,1H3,(H,25,30)/t16-,19+/m1/s1. The first-order valence-electron chi connectivity index (χ1n) is 10.3. The third-order valence-corrected chi connectivity index (χ3v) is 6.71. The van der Waals surface area contributed by atoms with Gasteiger partial charge in [-0.2, -0.15) is 0 Å². The van der Waals surface area contributed by atoms with Crippen molar-refractivity contribution in [1.29, 1.82) is 0 Å². The Kier molecular flexibility index (Phi) is 4.78. The summed E-state index contributed by atoms with van der Waals surface area (Å²) in [6, 6.07) is 15.0. The molecule has 0 unspecified atom stereocenters. The molecular formula is C23H23ClN4O3. The first-order valence-corrected chi connectivity index (χ1v) is 10.7. The van der Waals surface area contributed by atoms with E-state index < -0.39 is 0 Å². The van der Waals surface area contributed by atoms with Gasteiger partial charge in [0, 0.05) is 35.8 Å². The van der Waals surface area contributed by atoms with Crippen LogP contribution in [0, 0.1) is 6.92 Å². The molecule has 1 saturated carbocycles. The highest BCUT2D eigenvalue weighted by Crippen LogP contribution is 2.52. The number of aromatic nitrogens is 2. The van der Waals surface area contributed by atoms with Gasteiger partial charge in [-0.1, -0.05) is 48.0 Å². The number of aromatic hydroxyl groups is 1. The normalized spacial score (nSPS) is 19.7. The number of anilines is 1. The molecular weight excluding hydrogens is 416 g/mol. The van der Waals surface area contributed by atoms with Crippen LogP contribution in [0.4, 0.5) is 10.5 Å². The number of fused-ring (bicyclic) bond motifs is 1. The van der Waals surface area contributed by atoms with Crippen molar-refractivity contribution in [3.05, 3.63) is 80.9 Å². The van der Waals surface area contributed by atoms with E-state index in [4.69, 9.17) is 11.6 Å². The molecule has 1 aliphatic heterocycles. The maximum absolute atomic E-state index is 13.0. The molecule has 8 heteroatoms. The van der Waals surface area contributed by atoms with Crippen molar-refractivity contribution in [3.8, 4) is 5.88 Å². The van der Waals surface area contributed by atoms with E-state index in [0.29, 0.717) is 29.5 Å². The van der Waals surface area contributed by atoms with Gasteiger partial charge >= 0.3 is 11.7 Å². The minimum absolute atomic E-state index is 0.0372. The first kappa shape index (κ1) is 19.8. The van der Waals surface area contributed by atoms with Crippen molar-refractivity contribution in [3.63, 3.8) is 0 Å². The quantitative estimate of drug-likeness (QED) is 0.646. The monoisotopic (exact) mass is 438 g/mol. The molecule has 2 N–H and O–H groups in total. The molecule has 7 nitrogen and oxygen atoms in total. The van der Waals surface area contributed by atoms with Gasteiger partial charge in [-0.25, -0.2) is 9.59 Å². The Hall–Kier alpha value is -3.19. The van der Waals surface area contributed by atoms with E-state index in [2.05, 4.69) is 5.32 Å². The van der Waals surface area contributed by atoms with Crippen LogP contribution in [0.25, 0.3) is 0 Å². The van der Waals surface area contributed by atoms with Gasteiger partial charge in [0.2, 0.25) is 5.88 Å². The maximum Gasteiger partial charge on any atom is 0.331 e. The Labute approximate surface area is 184 Å². The lowest BCUT2D eigenvalue weighted by molar-refractivity contribution is 0.195. The number of carbonyl (C=O) groups excluding carboxylic acids is 1. The second kappa shape index (κ2) is 7.50. The molecule has 31 heavy (non-hydrogen) atoms.